The molecule has 0 bridgehead atoms. The fourth-order valence-electron chi connectivity index (χ4n) is 3.30. The van der Waals surface area contributed by atoms with Gasteiger partial charge >= 0.3 is 5.88 Å². The summed E-state index contributed by atoms with van der Waals surface area (Å²) in [7, 11) is 0. The molecular weight excluding hydrogens is 274 g/mol. The monoisotopic (exact) mass is 295 g/mol. The number of nitro groups is 1. The lowest BCUT2D eigenvalue weighted by atomic mass is 9.88. The molecule has 1 aromatic heterocycles. The summed E-state index contributed by atoms with van der Waals surface area (Å²) in [5.41, 5.74) is 0. The lowest BCUT2D eigenvalue weighted by molar-refractivity contribution is -0.402. The molecule has 0 unspecified atom stereocenters. The Morgan fingerprint density at radius 3 is 2.62 bits per heavy atom. The van der Waals surface area contributed by atoms with E-state index in [1.54, 1.807) is 6.07 Å². The number of hydrogen-bond acceptors (Lipinski definition) is 6. The Hall–Kier alpha value is -1.44. The van der Waals surface area contributed by atoms with Crippen molar-refractivity contribution in [1.29, 1.82) is 0 Å². The average Bonchev–Trinajstić information content (AvgIpc) is 3.00. The minimum atomic E-state index is -0.470. The smallest absolute Gasteiger partial charge is 0.404 e. The number of ether oxygens (including phenoxy) is 1. The predicted molar refractivity (Wildman–Crippen MR) is 76.1 cm³/mol. The Balaban J connectivity index is 1.84. The third-order valence-corrected chi connectivity index (χ3v) is 4.34. The van der Waals surface area contributed by atoms with Gasteiger partial charge in [0.15, 0.2) is 0 Å². The van der Waals surface area contributed by atoms with Crippen molar-refractivity contribution < 1.29 is 14.1 Å². The average molecular weight is 295 g/mol. The molecule has 2 aliphatic heterocycles. The molecule has 0 saturated carbocycles. The minimum Gasteiger partial charge on any atom is -0.404 e. The highest BCUT2D eigenvalue weighted by atomic mass is 16.6. The number of furan rings is 1. The number of rotatable bonds is 4. The zero-order chi connectivity index (χ0) is 14.7. The molecule has 1 atom stereocenters. The van der Waals surface area contributed by atoms with Crippen molar-refractivity contribution in [2.45, 2.75) is 18.9 Å². The van der Waals surface area contributed by atoms with Crippen LogP contribution in [-0.4, -0.2) is 49.2 Å². The molecule has 1 aromatic rings. The maximum atomic E-state index is 10.9. The summed E-state index contributed by atoms with van der Waals surface area (Å²) in [6.07, 6.45) is 1.95. The van der Waals surface area contributed by atoms with Crippen LogP contribution in [0.2, 0.25) is 0 Å². The first kappa shape index (κ1) is 14.5. The standard InChI is InChI=1S/C14H21N3O4/c18-17(19)13-2-1-12(21-13)14(11-3-9-20-10-4-11)16-7-5-15-6-8-16/h1-2,11,14-15H,3-10H2/t14-/m0/s1. The van der Waals surface area contributed by atoms with E-state index in [0.717, 1.165) is 58.0 Å². The number of hydrogen-bond donors (Lipinski definition) is 1. The normalized spacial score (nSPS) is 23.0. The predicted octanol–water partition coefficient (Wildman–Crippen LogP) is 1.56. The summed E-state index contributed by atoms with van der Waals surface area (Å²) in [5, 5.41) is 14.2. The van der Waals surface area contributed by atoms with Crippen LogP contribution in [0.1, 0.15) is 24.6 Å². The molecule has 1 N–H and O–H groups in total. The highest BCUT2D eigenvalue weighted by Gasteiger charge is 2.34. The van der Waals surface area contributed by atoms with Crippen molar-refractivity contribution in [3.05, 3.63) is 28.0 Å². The molecular formula is C14H21N3O4. The summed E-state index contributed by atoms with van der Waals surface area (Å²) >= 11 is 0. The molecule has 0 spiro atoms. The summed E-state index contributed by atoms with van der Waals surface area (Å²) in [4.78, 5) is 12.8. The van der Waals surface area contributed by atoms with Crippen molar-refractivity contribution in [2.75, 3.05) is 39.4 Å². The first-order valence-corrected chi connectivity index (χ1v) is 7.52. The van der Waals surface area contributed by atoms with E-state index in [0.29, 0.717) is 5.92 Å². The van der Waals surface area contributed by atoms with Crippen molar-refractivity contribution in [3.8, 4) is 0 Å². The SMILES string of the molecule is O=[N+]([O-])c1ccc([C@H](C2CCOCC2)N2CCNCC2)o1. The van der Waals surface area contributed by atoms with E-state index < -0.39 is 4.92 Å². The molecule has 7 nitrogen and oxygen atoms in total. The third-order valence-electron chi connectivity index (χ3n) is 4.34. The van der Waals surface area contributed by atoms with Gasteiger partial charge in [-0.1, -0.05) is 0 Å². The zero-order valence-electron chi connectivity index (χ0n) is 12.0. The maximum Gasteiger partial charge on any atom is 0.433 e. The van der Waals surface area contributed by atoms with E-state index in [9.17, 15) is 10.1 Å². The van der Waals surface area contributed by atoms with E-state index in [-0.39, 0.29) is 11.9 Å². The largest absolute Gasteiger partial charge is 0.433 e. The molecule has 0 radical (unpaired) electrons. The lowest BCUT2D eigenvalue weighted by Crippen LogP contribution is -2.47. The Morgan fingerprint density at radius 1 is 1.29 bits per heavy atom. The van der Waals surface area contributed by atoms with Crippen LogP contribution in [-0.2, 0) is 4.74 Å². The van der Waals surface area contributed by atoms with Gasteiger partial charge in [0.2, 0.25) is 0 Å². The van der Waals surface area contributed by atoms with Gasteiger partial charge in [-0.05, 0) is 24.8 Å². The summed E-state index contributed by atoms with van der Waals surface area (Å²) < 4.78 is 11.0. The number of nitrogens with zero attached hydrogens (tertiary/aromatic N) is 2. The molecule has 2 fully saturated rings. The molecule has 0 amide bonds. The summed E-state index contributed by atoms with van der Waals surface area (Å²) in [6.45, 7) is 5.30. The van der Waals surface area contributed by atoms with Gasteiger partial charge in [-0.2, -0.15) is 0 Å². The van der Waals surface area contributed by atoms with Crippen LogP contribution in [0.15, 0.2) is 16.5 Å². The Kier molecular flexibility index (Phi) is 4.52. The Bertz CT molecular complexity index is 460. The minimum absolute atomic E-state index is 0.115. The molecule has 7 heteroatoms. The van der Waals surface area contributed by atoms with E-state index >= 15 is 0 Å². The third kappa shape index (κ3) is 3.25. The maximum absolute atomic E-state index is 10.9. The van der Waals surface area contributed by atoms with Crippen molar-refractivity contribution in [1.82, 2.24) is 10.2 Å². The molecule has 0 aliphatic carbocycles. The van der Waals surface area contributed by atoms with Gasteiger partial charge < -0.3 is 14.5 Å². The molecule has 116 valence electrons. The first-order chi connectivity index (χ1) is 10.3. The van der Waals surface area contributed by atoms with Gasteiger partial charge in [-0.15, -0.1) is 0 Å². The second kappa shape index (κ2) is 6.55. The highest BCUT2D eigenvalue weighted by Crippen LogP contribution is 2.37. The van der Waals surface area contributed by atoms with Crippen molar-refractivity contribution in [3.63, 3.8) is 0 Å². The molecule has 21 heavy (non-hydrogen) atoms. The van der Waals surface area contributed by atoms with E-state index in [4.69, 9.17) is 9.15 Å². The molecule has 3 rings (SSSR count). The van der Waals surface area contributed by atoms with E-state index in [1.165, 1.54) is 6.07 Å². The van der Waals surface area contributed by atoms with E-state index in [2.05, 4.69) is 10.2 Å². The summed E-state index contributed by atoms with van der Waals surface area (Å²) in [5.74, 6) is 0.982. The Morgan fingerprint density at radius 2 is 2.00 bits per heavy atom. The lowest BCUT2D eigenvalue weighted by Gasteiger charge is -2.39. The van der Waals surface area contributed by atoms with Gasteiger partial charge in [0.25, 0.3) is 0 Å². The second-order valence-corrected chi connectivity index (χ2v) is 5.61. The van der Waals surface area contributed by atoms with Crippen LogP contribution >= 0.6 is 0 Å². The molecule has 0 aromatic carbocycles. The van der Waals surface area contributed by atoms with Gasteiger partial charge in [0.1, 0.15) is 10.7 Å². The topological polar surface area (TPSA) is 80.8 Å². The van der Waals surface area contributed by atoms with E-state index in [1.807, 2.05) is 0 Å². The van der Waals surface area contributed by atoms with Crippen LogP contribution in [0.5, 0.6) is 0 Å². The zero-order valence-corrected chi connectivity index (χ0v) is 12.0. The summed E-state index contributed by atoms with van der Waals surface area (Å²) in [6, 6.07) is 3.34. The molecule has 3 heterocycles. The van der Waals surface area contributed by atoms with Gasteiger partial charge in [-0.25, -0.2) is 0 Å². The van der Waals surface area contributed by atoms with Gasteiger partial charge in [0, 0.05) is 39.4 Å². The van der Waals surface area contributed by atoms with Crippen LogP contribution in [0.4, 0.5) is 5.88 Å². The van der Waals surface area contributed by atoms with Crippen LogP contribution < -0.4 is 5.32 Å². The number of piperazine rings is 1. The highest BCUT2D eigenvalue weighted by molar-refractivity contribution is 5.20. The van der Waals surface area contributed by atoms with Crippen molar-refractivity contribution >= 4 is 5.88 Å². The van der Waals surface area contributed by atoms with Crippen LogP contribution in [0.25, 0.3) is 0 Å². The van der Waals surface area contributed by atoms with Gasteiger partial charge in [-0.3, -0.25) is 15.0 Å². The quantitative estimate of drug-likeness (QED) is 0.670. The van der Waals surface area contributed by atoms with Crippen molar-refractivity contribution in [2.24, 2.45) is 5.92 Å². The van der Waals surface area contributed by atoms with Crippen LogP contribution in [0.3, 0.4) is 0 Å². The molecule has 2 aliphatic rings. The fraction of sp³-hybridized carbons (Fsp3) is 0.714. The van der Waals surface area contributed by atoms with Crippen LogP contribution in [0, 0.1) is 16.0 Å². The Labute approximate surface area is 123 Å². The fourth-order valence-corrected chi connectivity index (χ4v) is 3.30. The first-order valence-electron chi connectivity index (χ1n) is 7.52. The molecule has 2 saturated heterocycles. The number of nitrogens with one attached hydrogen (secondary N) is 1. The van der Waals surface area contributed by atoms with Gasteiger partial charge in [0.05, 0.1) is 12.1 Å². The second-order valence-electron chi connectivity index (χ2n) is 5.61.